The Bertz CT molecular complexity index is 1110. The molecule has 1 fully saturated rings. The van der Waals surface area contributed by atoms with Gasteiger partial charge in [0.05, 0.1) is 20.5 Å². The highest BCUT2D eigenvalue weighted by atomic mass is 32.2. The van der Waals surface area contributed by atoms with Crippen LogP contribution in [0.15, 0.2) is 46.7 Å². The Balaban J connectivity index is 1.30. The quantitative estimate of drug-likeness (QED) is 0.552. The molecule has 0 atom stereocenters. The monoisotopic (exact) mass is 447 g/mol. The number of nitrogens with zero attached hydrogens (tertiary/aromatic N) is 1. The third kappa shape index (κ3) is 5.11. The number of thiophene rings is 1. The number of rotatable bonds is 8. The number of amides is 1. The van der Waals surface area contributed by atoms with Crippen LogP contribution >= 0.6 is 22.7 Å². The van der Waals surface area contributed by atoms with Crippen molar-refractivity contribution in [3.63, 3.8) is 0 Å². The normalized spacial score (nSPS) is 14.1. The largest absolute Gasteiger partial charge is 0.352 e. The van der Waals surface area contributed by atoms with Crippen LogP contribution in [0.4, 0.5) is 0 Å². The summed E-state index contributed by atoms with van der Waals surface area (Å²) in [6.07, 6.45) is 2.50. The summed E-state index contributed by atoms with van der Waals surface area (Å²) in [4.78, 5) is 19.3. The van der Waals surface area contributed by atoms with E-state index >= 15 is 0 Å². The molecule has 0 spiro atoms. The summed E-state index contributed by atoms with van der Waals surface area (Å²) in [6.45, 7) is 2.50. The summed E-state index contributed by atoms with van der Waals surface area (Å²) in [5.74, 6) is -0.212. The smallest absolute Gasteiger partial charge is 0.251 e. The topological polar surface area (TPSA) is 88.2 Å². The molecule has 29 heavy (non-hydrogen) atoms. The minimum Gasteiger partial charge on any atom is -0.352 e. The van der Waals surface area contributed by atoms with E-state index in [2.05, 4.69) is 32.5 Å². The number of nitrogens with one attached hydrogen (secondary N) is 2. The Morgan fingerprint density at radius 3 is 2.59 bits per heavy atom. The number of carbonyl (C=O) groups is 1. The number of thiazole rings is 1. The maximum absolute atomic E-state index is 12.3. The molecule has 1 aliphatic rings. The van der Waals surface area contributed by atoms with E-state index in [0.29, 0.717) is 12.1 Å². The molecule has 3 aromatic rings. The zero-order valence-electron chi connectivity index (χ0n) is 15.8. The van der Waals surface area contributed by atoms with Crippen LogP contribution in [0, 0.1) is 6.92 Å². The minimum absolute atomic E-state index is 0.0558. The van der Waals surface area contributed by atoms with Gasteiger partial charge in [-0.15, -0.1) is 22.7 Å². The van der Waals surface area contributed by atoms with E-state index < -0.39 is 10.0 Å². The lowest BCUT2D eigenvalue weighted by molar-refractivity contribution is 0.0954. The van der Waals surface area contributed by atoms with Crippen LogP contribution in [-0.4, -0.2) is 31.9 Å². The highest BCUT2D eigenvalue weighted by Crippen LogP contribution is 2.29. The molecule has 6 nitrogen and oxygen atoms in total. The second kappa shape index (κ2) is 8.35. The second-order valence-corrected chi connectivity index (χ2v) is 10.9. The van der Waals surface area contributed by atoms with Crippen LogP contribution in [0.2, 0.25) is 0 Å². The fraction of sp³-hybridized carbons (Fsp3) is 0.300. The fourth-order valence-corrected chi connectivity index (χ4v) is 5.76. The van der Waals surface area contributed by atoms with Crippen molar-refractivity contribution in [2.45, 2.75) is 37.1 Å². The van der Waals surface area contributed by atoms with Gasteiger partial charge in [-0.1, -0.05) is 0 Å². The molecule has 152 valence electrons. The van der Waals surface area contributed by atoms with E-state index in [-0.39, 0.29) is 16.8 Å². The summed E-state index contributed by atoms with van der Waals surface area (Å²) in [5, 5.41) is 5.99. The van der Waals surface area contributed by atoms with Gasteiger partial charge in [0.2, 0.25) is 10.0 Å². The third-order valence-corrected chi connectivity index (χ3v) is 7.99. The number of carbonyl (C=O) groups excluding carboxylic acids is 1. The van der Waals surface area contributed by atoms with Crippen molar-refractivity contribution in [2.75, 3.05) is 6.54 Å². The lowest BCUT2D eigenvalue weighted by Crippen LogP contribution is -2.27. The lowest BCUT2D eigenvalue weighted by atomic mass is 10.2. The average Bonchev–Trinajstić information content (AvgIpc) is 3.19. The Labute approximate surface area is 178 Å². The molecule has 1 aromatic carbocycles. The SMILES string of the molecule is Cc1nc(-c2ccc(CCNC(=O)c3ccc(S(=O)(=O)NC4CC4)cc3)s2)cs1. The standard InChI is InChI=1S/C20H21N3O3S3/c1-13-22-18(12-27-13)19-9-6-16(28-19)10-11-21-20(24)14-2-7-17(8-3-14)29(25,26)23-15-4-5-15/h2-3,6-9,12,15,23H,4-5,10-11H2,1H3,(H,21,24). The number of hydrogen-bond donors (Lipinski definition) is 2. The molecule has 0 saturated heterocycles. The van der Waals surface area contributed by atoms with Gasteiger partial charge in [-0.25, -0.2) is 18.1 Å². The molecular weight excluding hydrogens is 426 g/mol. The Morgan fingerprint density at radius 1 is 1.17 bits per heavy atom. The molecular formula is C20H21N3O3S3. The molecule has 0 aliphatic heterocycles. The highest BCUT2D eigenvalue weighted by molar-refractivity contribution is 7.89. The number of sulfonamides is 1. The van der Waals surface area contributed by atoms with Gasteiger partial charge in [-0.05, 0) is 62.6 Å². The average molecular weight is 448 g/mol. The fourth-order valence-electron chi connectivity index (χ4n) is 2.80. The Hall–Kier alpha value is -2.07. The van der Waals surface area contributed by atoms with E-state index in [1.54, 1.807) is 34.8 Å². The van der Waals surface area contributed by atoms with Gasteiger partial charge >= 0.3 is 0 Å². The molecule has 0 unspecified atom stereocenters. The highest BCUT2D eigenvalue weighted by Gasteiger charge is 2.27. The first-order valence-electron chi connectivity index (χ1n) is 9.32. The van der Waals surface area contributed by atoms with Crippen molar-refractivity contribution in [3.8, 4) is 10.6 Å². The van der Waals surface area contributed by atoms with E-state index in [0.717, 1.165) is 34.8 Å². The summed E-state index contributed by atoms with van der Waals surface area (Å²) < 4.78 is 27.0. The second-order valence-electron chi connectivity index (χ2n) is 6.94. The van der Waals surface area contributed by atoms with Crippen LogP contribution in [-0.2, 0) is 16.4 Å². The number of benzene rings is 1. The molecule has 2 N–H and O–H groups in total. The zero-order chi connectivity index (χ0) is 20.4. The van der Waals surface area contributed by atoms with Crippen LogP contribution < -0.4 is 10.0 Å². The maximum atomic E-state index is 12.3. The summed E-state index contributed by atoms with van der Waals surface area (Å²) in [7, 11) is -3.50. The molecule has 9 heteroatoms. The van der Waals surface area contributed by atoms with E-state index in [9.17, 15) is 13.2 Å². The summed E-state index contributed by atoms with van der Waals surface area (Å²) in [5.41, 5.74) is 1.44. The van der Waals surface area contributed by atoms with Crippen LogP contribution in [0.25, 0.3) is 10.6 Å². The molecule has 0 bridgehead atoms. The van der Waals surface area contributed by atoms with Crippen molar-refractivity contribution < 1.29 is 13.2 Å². The van der Waals surface area contributed by atoms with E-state index in [1.165, 1.54) is 17.0 Å². The van der Waals surface area contributed by atoms with Gasteiger partial charge in [-0.2, -0.15) is 0 Å². The maximum Gasteiger partial charge on any atom is 0.251 e. The summed E-state index contributed by atoms with van der Waals surface area (Å²) in [6, 6.07) is 10.2. The molecule has 2 aromatic heterocycles. The first-order valence-corrected chi connectivity index (χ1v) is 12.5. The van der Waals surface area contributed by atoms with Gasteiger partial charge in [0, 0.05) is 28.4 Å². The van der Waals surface area contributed by atoms with Gasteiger partial charge in [0.25, 0.3) is 5.91 Å². The number of hydrogen-bond acceptors (Lipinski definition) is 6. The van der Waals surface area contributed by atoms with E-state index in [4.69, 9.17) is 0 Å². The van der Waals surface area contributed by atoms with Crippen molar-refractivity contribution in [1.82, 2.24) is 15.0 Å². The number of aromatic nitrogens is 1. The van der Waals surface area contributed by atoms with Crippen molar-refractivity contribution in [1.29, 1.82) is 0 Å². The Kier molecular flexibility index (Phi) is 5.82. The van der Waals surface area contributed by atoms with Crippen molar-refractivity contribution >= 4 is 38.6 Å². The molecule has 0 radical (unpaired) electrons. The first kappa shape index (κ1) is 20.2. The van der Waals surface area contributed by atoms with Gasteiger partial charge < -0.3 is 5.32 Å². The lowest BCUT2D eigenvalue weighted by Gasteiger charge is -2.07. The van der Waals surface area contributed by atoms with Gasteiger partial charge in [0.1, 0.15) is 0 Å². The third-order valence-electron chi connectivity index (χ3n) is 4.52. The molecule has 1 saturated carbocycles. The van der Waals surface area contributed by atoms with Crippen molar-refractivity contribution in [2.24, 2.45) is 0 Å². The predicted molar refractivity (Wildman–Crippen MR) is 116 cm³/mol. The molecule has 1 amide bonds. The number of aryl methyl sites for hydroxylation is 1. The Morgan fingerprint density at radius 2 is 1.93 bits per heavy atom. The van der Waals surface area contributed by atoms with Gasteiger partial charge in [-0.3, -0.25) is 4.79 Å². The van der Waals surface area contributed by atoms with E-state index in [1.807, 2.05) is 6.92 Å². The van der Waals surface area contributed by atoms with Crippen molar-refractivity contribution in [3.05, 3.63) is 57.2 Å². The van der Waals surface area contributed by atoms with Crippen LogP contribution in [0.3, 0.4) is 0 Å². The van der Waals surface area contributed by atoms with Crippen LogP contribution in [0.1, 0.15) is 33.1 Å². The minimum atomic E-state index is -3.50. The first-order chi connectivity index (χ1) is 13.9. The molecule has 2 heterocycles. The molecule has 1 aliphatic carbocycles. The van der Waals surface area contributed by atoms with Crippen LogP contribution in [0.5, 0.6) is 0 Å². The summed E-state index contributed by atoms with van der Waals surface area (Å²) >= 11 is 3.31. The zero-order valence-corrected chi connectivity index (χ0v) is 18.3. The van der Waals surface area contributed by atoms with Gasteiger partial charge in [0.15, 0.2) is 0 Å². The predicted octanol–water partition coefficient (Wildman–Crippen LogP) is 3.59. The molecule has 4 rings (SSSR count).